The molecule has 2 aliphatic rings. The molecule has 1 aromatic carbocycles. The molecular weight excluding hydrogens is 402 g/mol. The van der Waals surface area contributed by atoms with Crippen molar-refractivity contribution in [3.05, 3.63) is 93.4 Å². The summed E-state index contributed by atoms with van der Waals surface area (Å²) in [7, 11) is 0. The van der Waals surface area contributed by atoms with Crippen LogP contribution in [-0.4, -0.2) is 43.7 Å². The summed E-state index contributed by atoms with van der Waals surface area (Å²) in [5.74, 6) is 0.610. The quantitative estimate of drug-likeness (QED) is 0.689. The van der Waals surface area contributed by atoms with Gasteiger partial charge in [0.25, 0.3) is 11.5 Å². The Morgan fingerprint density at radius 2 is 1.88 bits per heavy atom. The number of pyridine rings is 1. The molecule has 1 saturated heterocycles. The highest BCUT2D eigenvalue weighted by atomic mass is 16.2. The van der Waals surface area contributed by atoms with Crippen molar-refractivity contribution in [1.29, 1.82) is 0 Å². The van der Waals surface area contributed by atoms with E-state index in [1.807, 2.05) is 47.4 Å². The highest BCUT2D eigenvalue weighted by Gasteiger charge is 2.32. The van der Waals surface area contributed by atoms with Crippen LogP contribution >= 0.6 is 0 Å². The van der Waals surface area contributed by atoms with Gasteiger partial charge < -0.3 is 9.88 Å². The fraction of sp³-hybridized carbons (Fsp3) is 0.360. The number of hydrogen-bond donors (Lipinski definition) is 1. The lowest BCUT2D eigenvalue weighted by molar-refractivity contribution is 0.0598. The zero-order valence-electron chi connectivity index (χ0n) is 18.0. The van der Waals surface area contributed by atoms with Gasteiger partial charge in [-0.3, -0.25) is 19.5 Å². The first kappa shape index (κ1) is 20.6. The molecule has 32 heavy (non-hydrogen) atoms. The second-order valence-corrected chi connectivity index (χ2v) is 8.57. The van der Waals surface area contributed by atoms with E-state index in [-0.39, 0.29) is 17.5 Å². The molecular formula is C25H27N5O2. The van der Waals surface area contributed by atoms with Gasteiger partial charge in [0.05, 0.1) is 11.7 Å². The third kappa shape index (κ3) is 4.21. The van der Waals surface area contributed by atoms with E-state index in [4.69, 9.17) is 4.98 Å². The highest BCUT2D eigenvalue weighted by molar-refractivity contribution is 5.94. The molecule has 1 fully saturated rings. The van der Waals surface area contributed by atoms with Crippen LogP contribution in [0.25, 0.3) is 0 Å². The Kier molecular flexibility index (Phi) is 5.81. The van der Waals surface area contributed by atoms with Gasteiger partial charge in [-0.05, 0) is 55.5 Å². The lowest BCUT2D eigenvalue weighted by atomic mass is 9.99. The van der Waals surface area contributed by atoms with Crippen molar-refractivity contribution in [3.63, 3.8) is 0 Å². The molecule has 1 amide bonds. The SMILES string of the molecule is O=C(c1ccccc1)N1CCCCC1c1nc2c(c(=O)[nH]1)CCN(Cc1ccncc1)C2. The largest absolute Gasteiger partial charge is 0.328 e. The Labute approximate surface area is 187 Å². The fourth-order valence-electron chi connectivity index (χ4n) is 4.76. The Balaban J connectivity index is 1.41. The average molecular weight is 430 g/mol. The van der Waals surface area contributed by atoms with E-state index < -0.39 is 0 Å². The van der Waals surface area contributed by atoms with Gasteiger partial charge in [0.2, 0.25) is 0 Å². The van der Waals surface area contributed by atoms with Gasteiger partial charge in [0.1, 0.15) is 5.82 Å². The van der Waals surface area contributed by atoms with E-state index in [9.17, 15) is 9.59 Å². The Morgan fingerprint density at radius 1 is 1.06 bits per heavy atom. The molecule has 0 bridgehead atoms. The summed E-state index contributed by atoms with van der Waals surface area (Å²) in [6.45, 7) is 2.93. The molecule has 0 saturated carbocycles. The van der Waals surface area contributed by atoms with Crippen LogP contribution in [0.15, 0.2) is 59.7 Å². The number of likely N-dealkylation sites (tertiary alicyclic amines) is 1. The summed E-state index contributed by atoms with van der Waals surface area (Å²) in [5, 5.41) is 0. The number of aromatic amines is 1. The number of carbonyl (C=O) groups is 1. The van der Waals surface area contributed by atoms with Crippen molar-refractivity contribution < 1.29 is 4.79 Å². The standard InChI is InChI=1S/C25H27N5O2/c31-24-20-11-15-29(16-18-9-12-26-13-10-18)17-21(20)27-23(28-24)22-8-4-5-14-30(22)25(32)19-6-2-1-3-7-19/h1-3,6-7,9-10,12-13,22H,4-5,8,11,14-17H2,(H,27,28,31). The number of nitrogens with one attached hydrogen (secondary N) is 1. The first-order chi connectivity index (χ1) is 15.7. The summed E-state index contributed by atoms with van der Waals surface area (Å²) in [5.41, 5.74) is 3.41. The van der Waals surface area contributed by atoms with Crippen molar-refractivity contribution in [2.45, 2.75) is 44.8 Å². The molecule has 4 heterocycles. The molecule has 3 aromatic rings. The van der Waals surface area contributed by atoms with Crippen molar-refractivity contribution in [2.75, 3.05) is 13.1 Å². The molecule has 164 valence electrons. The van der Waals surface area contributed by atoms with Crippen LogP contribution in [0, 0.1) is 0 Å². The minimum atomic E-state index is -0.204. The molecule has 7 nitrogen and oxygen atoms in total. The van der Waals surface area contributed by atoms with Gasteiger partial charge in [0, 0.05) is 49.7 Å². The van der Waals surface area contributed by atoms with Gasteiger partial charge in [-0.2, -0.15) is 0 Å². The molecule has 2 aliphatic heterocycles. The van der Waals surface area contributed by atoms with Crippen LogP contribution < -0.4 is 5.56 Å². The Hall–Kier alpha value is -3.32. The van der Waals surface area contributed by atoms with Gasteiger partial charge in [0.15, 0.2) is 0 Å². The summed E-state index contributed by atoms with van der Waals surface area (Å²) in [6.07, 6.45) is 7.06. The number of H-pyrrole nitrogens is 1. The molecule has 1 N–H and O–H groups in total. The monoisotopic (exact) mass is 429 g/mol. The van der Waals surface area contributed by atoms with E-state index in [1.165, 1.54) is 5.56 Å². The first-order valence-electron chi connectivity index (χ1n) is 11.3. The minimum absolute atomic E-state index is 0.00465. The molecule has 0 radical (unpaired) electrons. The van der Waals surface area contributed by atoms with Gasteiger partial charge in [-0.1, -0.05) is 18.2 Å². The highest BCUT2D eigenvalue weighted by Crippen LogP contribution is 2.30. The maximum Gasteiger partial charge on any atom is 0.254 e. The Morgan fingerprint density at radius 3 is 2.69 bits per heavy atom. The average Bonchev–Trinajstić information content (AvgIpc) is 2.84. The smallest absolute Gasteiger partial charge is 0.254 e. The Bertz CT molecular complexity index is 1150. The lowest BCUT2D eigenvalue weighted by Crippen LogP contribution is -2.41. The number of aromatic nitrogens is 3. The zero-order chi connectivity index (χ0) is 21.9. The predicted molar refractivity (Wildman–Crippen MR) is 121 cm³/mol. The number of benzene rings is 1. The molecule has 2 aromatic heterocycles. The molecule has 1 atom stereocenters. The molecule has 0 spiro atoms. The van der Waals surface area contributed by atoms with Crippen molar-refractivity contribution in [3.8, 4) is 0 Å². The van der Waals surface area contributed by atoms with Gasteiger partial charge in [-0.25, -0.2) is 4.98 Å². The number of carbonyl (C=O) groups excluding carboxylic acids is 1. The number of hydrogen-bond acceptors (Lipinski definition) is 5. The number of rotatable bonds is 4. The van der Waals surface area contributed by atoms with Crippen LogP contribution in [0.1, 0.15) is 58.3 Å². The predicted octanol–water partition coefficient (Wildman–Crippen LogP) is 3.09. The van der Waals surface area contributed by atoms with Gasteiger partial charge in [-0.15, -0.1) is 0 Å². The summed E-state index contributed by atoms with van der Waals surface area (Å²) in [6, 6.07) is 13.2. The van der Waals surface area contributed by atoms with Crippen LogP contribution in [0.3, 0.4) is 0 Å². The summed E-state index contributed by atoms with van der Waals surface area (Å²) >= 11 is 0. The van der Waals surface area contributed by atoms with Crippen molar-refractivity contribution in [1.82, 2.24) is 24.8 Å². The number of fused-ring (bicyclic) bond motifs is 1. The lowest BCUT2D eigenvalue weighted by Gasteiger charge is -2.36. The number of piperidine rings is 1. The normalized spacial score (nSPS) is 18.9. The molecule has 0 aliphatic carbocycles. The second kappa shape index (κ2) is 9.04. The van der Waals surface area contributed by atoms with Crippen LogP contribution in [0.5, 0.6) is 0 Å². The zero-order valence-corrected chi connectivity index (χ0v) is 18.0. The minimum Gasteiger partial charge on any atom is -0.328 e. The van der Waals surface area contributed by atoms with E-state index in [1.54, 1.807) is 12.4 Å². The second-order valence-electron chi connectivity index (χ2n) is 8.57. The third-order valence-corrected chi connectivity index (χ3v) is 6.43. The number of nitrogens with zero attached hydrogens (tertiary/aromatic N) is 4. The van der Waals surface area contributed by atoms with E-state index in [0.717, 1.165) is 43.6 Å². The fourth-order valence-corrected chi connectivity index (χ4v) is 4.76. The van der Waals surface area contributed by atoms with Gasteiger partial charge >= 0.3 is 0 Å². The first-order valence-corrected chi connectivity index (χ1v) is 11.3. The van der Waals surface area contributed by atoms with E-state index in [0.29, 0.717) is 30.9 Å². The maximum atomic E-state index is 13.2. The maximum absolute atomic E-state index is 13.2. The van der Waals surface area contributed by atoms with E-state index >= 15 is 0 Å². The summed E-state index contributed by atoms with van der Waals surface area (Å²) < 4.78 is 0. The van der Waals surface area contributed by atoms with Crippen molar-refractivity contribution >= 4 is 5.91 Å². The van der Waals surface area contributed by atoms with Crippen LogP contribution in [0.4, 0.5) is 0 Å². The molecule has 1 unspecified atom stereocenters. The molecule has 7 heteroatoms. The topological polar surface area (TPSA) is 82.2 Å². The summed E-state index contributed by atoms with van der Waals surface area (Å²) in [4.78, 5) is 42.3. The third-order valence-electron chi connectivity index (χ3n) is 6.43. The van der Waals surface area contributed by atoms with E-state index in [2.05, 4.69) is 14.9 Å². The molecule has 5 rings (SSSR count). The van der Waals surface area contributed by atoms with Crippen LogP contribution in [0.2, 0.25) is 0 Å². The van der Waals surface area contributed by atoms with Crippen LogP contribution in [-0.2, 0) is 19.5 Å². The van der Waals surface area contributed by atoms with Crippen molar-refractivity contribution in [2.24, 2.45) is 0 Å². The number of amides is 1.